The van der Waals surface area contributed by atoms with Crippen molar-refractivity contribution >= 4 is 23.6 Å². The van der Waals surface area contributed by atoms with E-state index in [4.69, 9.17) is 4.74 Å². The molecule has 1 aromatic heterocycles. The zero-order chi connectivity index (χ0) is 13.1. The third-order valence-corrected chi connectivity index (χ3v) is 2.18. The fourth-order valence-electron chi connectivity index (χ4n) is 0.984. The van der Waals surface area contributed by atoms with Gasteiger partial charge in [0.15, 0.2) is 5.69 Å². The van der Waals surface area contributed by atoms with Gasteiger partial charge in [-0.1, -0.05) is 0 Å². The molecule has 0 bridgehead atoms. The quantitative estimate of drug-likeness (QED) is 0.817. The molecule has 0 aliphatic carbocycles. The van der Waals surface area contributed by atoms with E-state index >= 15 is 0 Å². The van der Waals surface area contributed by atoms with E-state index < -0.39 is 23.5 Å². The van der Waals surface area contributed by atoms with Gasteiger partial charge in [0.1, 0.15) is 11.6 Å². The number of hydrogen-bond donors (Lipinski definition) is 1. The van der Waals surface area contributed by atoms with Crippen LogP contribution in [0.5, 0.6) is 0 Å². The maximum absolute atomic E-state index is 11.6. The van der Waals surface area contributed by atoms with Gasteiger partial charge in [-0.2, -0.15) is 8.75 Å². The van der Waals surface area contributed by atoms with Gasteiger partial charge >= 0.3 is 5.97 Å². The van der Waals surface area contributed by atoms with Crippen LogP contribution in [0.3, 0.4) is 0 Å². The number of nitrogens with zero attached hydrogens (tertiary/aromatic N) is 2. The number of nitrogens with one attached hydrogen (secondary N) is 1. The number of rotatable bonds is 3. The first kappa shape index (κ1) is 13.6. The second-order valence-corrected chi connectivity index (χ2v) is 5.08. The molecule has 1 atom stereocenters. The van der Waals surface area contributed by atoms with Crippen LogP contribution in [0.15, 0.2) is 6.20 Å². The van der Waals surface area contributed by atoms with Crippen molar-refractivity contribution in [1.82, 2.24) is 14.1 Å². The summed E-state index contributed by atoms with van der Waals surface area (Å²) in [5, 5.41) is 2.50. The Hall–Kier alpha value is -1.50. The van der Waals surface area contributed by atoms with E-state index in [9.17, 15) is 9.59 Å². The number of hydrogen-bond acceptors (Lipinski definition) is 6. The van der Waals surface area contributed by atoms with Gasteiger partial charge < -0.3 is 10.1 Å². The summed E-state index contributed by atoms with van der Waals surface area (Å²) in [4.78, 5) is 23.2. The van der Waals surface area contributed by atoms with E-state index in [1.54, 1.807) is 27.7 Å². The average Bonchev–Trinajstić information content (AvgIpc) is 2.67. The largest absolute Gasteiger partial charge is 0.458 e. The molecule has 1 rings (SSSR count). The Balaban J connectivity index is 2.52. The summed E-state index contributed by atoms with van der Waals surface area (Å²) in [5.74, 6) is -0.911. The molecule has 0 saturated heterocycles. The van der Waals surface area contributed by atoms with E-state index in [0.717, 1.165) is 11.7 Å². The van der Waals surface area contributed by atoms with Gasteiger partial charge in [-0.3, -0.25) is 4.79 Å². The van der Waals surface area contributed by atoms with Crippen LogP contribution in [0.25, 0.3) is 0 Å². The molecule has 0 aliphatic rings. The van der Waals surface area contributed by atoms with Crippen LogP contribution in [0.4, 0.5) is 0 Å². The molecule has 1 amide bonds. The fraction of sp³-hybridized carbons (Fsp3) is 0.600. The molecular formula is C10H15N3O3S. The predicted molar refractivity (Wildman–Crippen MR) is 62.7 cm³/mol. The van der Waals surface area contributed by atoms with Crippen LogP contribution in [-0.4, -0.2) is 32.3 Å². The van der Waals surface area contributed by atoms with Crippen LogP contribution in [-0.2, 0) is 9.53 Å². The Labute approximate surface area is 104 Å². The molecule has 0 radical (unpaired) electrons. The SMILES string of the molecule is C[C@@H](NC(=O)c1cnsn1)C(=O)OC(C)(C)C. The zero-order valence-corrected chi connectivity index (χ0v) is 11.0. The monoisotopic (exact) mass is 257 g/mol. The number of carbonyl (C=O) groups is 2. The van der Waals surface area contributed by atoms with Gasteiger partial charge in [0.25, 0.3) is 5.91 Å². The Morgan fingerprint density at radius 1 is 1.47 bits per heavy atom. The Bertz CT molecular complexity index is 397. The molecule has 94 valence electrons. The number of aromatic nitrogens is 2. The maximum atomic E-state index is 11.6. The smallest absolute Gasteiger partial charge is 0.328 e. The van der Waals surface area contributed by atoms with E-state index in [0.29, 0.717) is 0 Å². The highest BCUT2D eigenvalue weighted by Gasteiger charge is 2.23. The second-order valence-electron chi connectivity index (χ2n) is 4.52. The molecule has 0 unspecified atom stereocenters. The highest BCUT2D eigenvalue weighted by molar-refractivity contribution is 6.99. The first-order valence-corrected chi connectivity index (χ1v) is 5.84. The molecule has 1 heterocycles. The molecule has 6 nitrogen and oxygen atoms in total. The second kappa shape index (κ2) is 5.22. The standard InChI is InChI=1S/C10H15N3O3S/c1-6(9(15)16-10(2,3)4)12-8(14)7-5-11-17-13-7/h5-6H,1-4H3,(H,12,14)/t6-/m1/s1. The first-order chi connectivity index (χ1) is 7.79. The Morgan fingerprint density at radius 3 is 2.59 bits per heavy atom. The fourth-order valence-corrected chi connectivity index (χ4v) is 1.40. The normalized spacial score (nSPS) is 12.9. The van der Waals surface area contributed by atoms with Gasteiger partial charge in [-0.15, -0.1) is 0 Å². The van der Waals surface area contributed by atoms with Gasteiger partial charge in [-0.25, -0.2) is 4.79 Å². The van der Waals surface area contributed by atoms with Gasteiger partial charge in [0, 0.05) is 0 Å². The van der Waals surface area contributed by atoms with Crippen molar-refractivity contribution in [2.24, 2.45) is 0 Å². The minimum absolute atomic E-state index is 0.199. The zero-order valence-electron chi connectivity index (χ0n) is 10.2. The third-order valence-electron chi connectivity index (χ3n) is 1.70. The molecule has 1 aromatic rings. The Kier molecular flexibility index (Phi) is 4.17. The first-order valence-electron chi connectivity index (χ1n) is 5.11. The van der Waals surface area contributed by atoms with E-state index in [1.807, 2.05) is 0 Å². The molecule has 0 aromatic carbocycles. The number of amides is 1. The lowest BCUT2D eigenvalue weighted by atomic mass is 10.2. The molecule has 0 aliphatic heterocycles. The highest BCUT2D eigenvalue weighted by atomic mass is 32.1. The van der Waals surface area contributed by atoms with Crippen LogP contribution < -0.4 is 5.32 Å². The molecule has 1 N–H and O–H groups in total. The number of esters is 1. The van der Waals surface area contributed by atoms with Crippen molar-refractivity contribution in [2.45, 2.75) is 39.3 Å². The Morgan fingerprint density at radius 2 is 2.12 bits per heavy atom. The van der Waals surface area contributed by atoms with Gasteiger partial charge in [0.2, 0.25) is 0 Å². The van der Waals surface area contributed by atoms with Crippen molar-refractivity contribution in [1.29, 1.82) is 0 Å². The highest BCUT2D eigenvalue weighted by Crippen LogP contribution is 2.08. The molecule has 17 heavy (non-hydrogen) atoms. The summed E-state index contributed by atoms with van der Waals surface area (Å²) in [7, 11) is 0. The van der Waals surface area contributed by atoms with Crippen molar-refractivity contribution in [3.63, 3.8) is 0 Å². The van der Waals surface area contributed by atoms with Crippen LogP contribution in [0.1, 0.15) is 38.2 Å². The van der Waals surface area contributed by atoms with Crippen molar-refractivity contribution < 1.29 is 14.3 Å². The topological polar surface area (TPSA) is 81.2 Å². The lowest BCUT2D eigenvalue weighted by Gasteiger charge is -2.22. The van der Waals surface area contributed by atoms with Crippen LogP contribution in [0, 0.1) is 0 Å². The molecule has 0 fully saturated rings. The summed E-state index contributed by atoms with van der Waals surface area (Å²) in [6.45, 7) is 6.86. The minimum atomic E-state index is -0.719. The number of ether oxygens (including phenoxy) is 1. The molecular weight excluding hydrogens is 242 g/mol. The van der Waals surface area contributed by atoms with Crippen molar-refractivity contribution in [3.05, 3.63) is 11.9 Å². The van der Waals surface area contributed by atoms with E-state index in [-0.39, 0.29) is 5.69 Å². The average molecular weight is 257 g/mol. The van der Waals surface area contributed by atoms with E-state index in [1.165, 1.54) is 6.20 Å². The summed E-state index contributed by atoms with van der Waals surface area (Å²) in [6.07, 6.45) is 1.35. The number of carbonyl (C=O) groups excluding carboxylic acids is 2. The minimum Gasteiger partial charge on any atom is -0.458 e. The summed E-state index contributed by atoms with van der Waals surface area (Å²) in [5.41, 5.74) is -0.372. The third kappa shape index (κ3) is 4.48. The molecule has 0 spiro atoms. The summed E-state index contributed by atoms with van der Waals surface area (Å²) >= 11 is 0.936. The van der Waals surface area contributed by atoms with Gasteiger partial charge in [0.05, 0.1) is 17.9 Å². The lowest BCUT2D eigenvalue weighted by molar-refractivity contribution is -0.156. The van der Waals surface area contributed by atoms with Crippen molar-refractivity contribution in [2.75, 3.05) is 0 Å². The summed E-state index contributed by atoms with van der Waals surface area (Å²) in [6, 6.07) is -0.719. The van der Waals surface area contributed by atoms with Crippen molar-refractivity contribution in [3.8, 4) is 0 Å². The molecule has 7 heteroatoms. The maximum Gasteiger partial charge on any atom is 0.328 e. The van der Waals surface area contributed by atoms with Crippen LogP contribution >= 0.6 is 11.7 Å². The van der Waals surface area contributed by atoms with E-state index in [2.05, 4.69) is 14.1 Å². The molecule has 0 saturated carbocycles. The van der Waals surface area contributed by atoms with Gasteiger partial charge in [-0.05, 0) is 27.7 Å². The summed E-state index contributed by atoms with van der Waals surface area (Å²) < 4.78 is 12.6. The lowest BCUT2D eigenvalue weighted by Crippen LogP contribution is -2.42. The van der Waals surface area contributed by atoms with Crippen LogP contribution in [0.2, 0.25) is 0 Å². The predicted octanol–water partition coefficient (Wildman–Crippen LogP) is 0.998.